The van der Waals surface area contributed by atoms with Crippen LogP contribution in [0.4, 0.5) is 0 Å². The highest BCUT2D eigenvalue weighted by molar-refractivity contribution is 6.30. The molecule has 7 heteroatoms. The molecule has 0 bridgehead atoms. The fraction of sp³-hybridized carbons (Fsp3) is 0.154. The van der Waals surface area contributed by atoms with Crippen LogP contribution >= 0.6 is 11.6 Å². The molecule has 2 N–H and O–H groups in total. The first kappa shape index (κ1) is 14.1. The minimum atomic E-state index is -0.625. The number of ether oxygens (including phenoxy) is 1. The lowest BCUT2D eigenvalue weighted by atomic mass is 10.2. The molecule has 2 rings (SSSR count). The summed E-state index contributed by atoms with van der Waals surface area (Å²) in [6.07, 6.45) is 1.43. The van der Waals surface area contributed by atoms with Gasteiger partial charge >= 0.3 is 5.97 Å². The van der Waals surface area contributed by atoms with E-state index in [0.29, 0.717) is 11.6 Å². The van der Waals surface area contributed by atoms with E-state index < -0.39 is 11.9 Å². The fourth-order valence-electron chi connectivity index (χ4n) is 1.48. The predicted octanol–water partition coefficient (Wildman–Crippen LogP) is 1.54. The van der Waals surface area contributed by atoms with Crippen LogP contribution in [0, 0.1) is 0 Å². The van der Waals surface area contributed by atoms with Gasteiger partial charge in [-0.2, -0.15) is 5.10 Å². The van der Waals surface area contributed by atoms with Crippen molar-refractivity contribution in [1.29, 1.82) is 0 Å². The Morgan fingerprint density at radius 3 is 2.90 bits per heavy atom. The summed E-state index contributed by atoms with van der Waals surface area (Å²) >= 11 is 5.83. The Kier molecular flexibility index (Phi) is 4.73. The topological polar surface area (TPSA) is 84.1 Å². The number of carbonyl (C=O) groups excluding carboxylic acids is 2. The van der Waals surface area contributed by atoms with Gasteiger partial charge in [0.2, 0.25) is 0 Å². The van der Waals surface area contributed by atoms with Crippen LogP contribution in [-0.4, -0.2) is 28.7 Å². The van der Waals surface area contributed by atoms with Crippen molar-refractivity contribution in [3.8, 4) is 0 Å². The summed E-state index contributed by atoms with van der Waals surface area (Å²) in [6.45, 7) is -0.0284. The minimum absolute atomic E-state index is 0.202. The molecule has 0 aliphatic rings. The number of aromatic nitrogens is 2. The number of hydrogen-bond donors (Lipinski definition) is 2. The molecule has 0 aliphatic carbocycles. The average molecular weight is 294 g/mol. The van der Waals surface area contributed by atoms with Gasteiger partial charge in [0.25, 0.3) is 5.91 Å². The molecule has 1 aromatic heterocycles. The number of aromatic amines is 1. The lowest BCUT2D eigenvalue weighted by Gasteiger charge is -2.06. The van der Waals surface area contributed by atoms with Gasteiger partial charge in [-0.1, -0.05) is 23.7 Å². The maximum atomic E-state index is 11.5. The van der Waals surface area contributed by atoms with E-state index in [4.69, 9.17) is 16.3 Å². The molecule has 0 radical (unpaired) electrons. The number of esters is 1. The maximum absolute atomic E-state index is 11.5. The Morgan fingerprint density at radius 2 is 2.20 bits per heavy atom. The van der Waals surface area contributed by atoms with Crippen molar-refractivity contribution in [1.82, 2.24) is 15.5 Å². The van der Waals surface area contributed by atoms with Crippen molar-refractivity contribution >= 4 is 23.5 Å². The second-order valence-corrected chi connectivity index (χ2v) is 4.39. The third-order valence-electron chi connectivity index (χ3n) is 2.43. The molecule has 104 valence electrons. The number of hydrogen-bond acceptors (Lipinski definition) is 4. The summed E-state index contributed by atoms with van der Waals surface area (Å²) < 4.78 is 4.81. The second-order valence-electron chi connectivity index (χ2n) is 3.95. The molecule has 0 spiro atoms. The number of halogens is 1. The second kappa shape index (κ2) is 6.72. The van der Waals surface area contributed by atoms with Gasteiger partial charge in [0, 0.05) is 17.8 Å². The number of H-pyrrole nitrogens is 1. The van der Waals surface area contributed by atoms with E-state index in [9.17, 15) is 9.59 Å². The van der Waals surface area contributed by atoms with Gasteiger partial charge in [0.15, 0.2) is 6.61 Å². The molecule has 1 aromatic carbocycles. The molecule has 0 aliphatic heterocycles. The molecule has 0 saturated carbocycles. The highest BCUT2D eigenvalue weighted by Crippen LogP contribution is 2.10. The average Bonchev–Trinajstić information content (AvgIpc) is 2.97. The number of nitrogens with one attached hydrogen (secondary N) is 2. The first-order valence-corrected chi connectivity index (χ1v) is 6.20. The highest BCUT2D eigenvalue weighted by atomic mass is 35.5. The summed E-state index contributed by atoms with van der Waals surface area (Å²) in [5.41, 5.74) is 1.07. The van der Waals surface area contributed by atoms with E-state index in [1.807, 2.05) is 6.07 Å². The Bertz CT molecular complexity index is 599. The van der Waals surface area contributed by atoms with E-state index in [-0.39, 0.29) is 12.3 Å². The van der Waals surface area contributed by atoms with Crippen molar-refractivity contribution in [3.05, 3.63) is 52.8 Å². The molecule has 0 fully saturated rings. The normalized spacial score (nSPS) is 10.1. The molecule has 6 nitrogen and oxygen atoms in total. The van der Waals surface area contributed by atoms with Gasteiger partial charge in [0.05, 0.1) is 0 Å². The molecule has 0 saturated heterocycles. The Labute approximate surface area is 120 Å². The van der Waals surface area contributed by atoms with Crippen molar-refractivity contribution in [3.63, 3.8) is 0 Å². The van der Waals surface area contributed by atoms with Gasteiger partial charge in [0.1, 0.15) is 5.69 Å². The number of carbonyl (C=O) groups is 2. The van der Waals surface area contributed by atoms with Gasteiger partial charge in [-0.3, -0.25) is 9.89 Å². The minimum Gasteiger partial charge on any atom is -0.451 e. The summed E-state index contributed by atoms with van der Waals surface area (Å²) in [7, 11) is 0. The van der Waals surface area contributed by atoms with Gasteiger partial charge in [-0.05, 0) is 23.8 Å². The third-order valence-corrected chi connectivity index (χ3v) is 2.67. The molecule has 0 atom stereocenters. The largest absolute Gasteiger partial charge is 0.451 e. The Hall–Kier alpha value is -2.34. The molecule has 0 unspecified atom stereocenters. The number of benzene rings is 1. The van der Waals surface area contributed by atoms with Crippen LogP contribution in [-0.2, 0) is 16.1 Å². The number of rotatable bonds is 5. The van der Waals surface area contributed by atoms with Crippen molar-refractivity contribution < 1.29 is 14.3 Å². The predicted molar refractivity (Wildman–Crippen MR) is 72.2 cm³/mol. The monoisotopic (exact) mass is 293 g/mol. The van der Waals surface area contributed by atoms with E-state index in [1.165, 1.54) is 12.3 Å². The molecular weight excluding hydrogens is 282 g/mol. The van der Waals surface area contributed by atoms with Crippen molar-refractivity contribution in [2.45, 2.75) is 6.54 Å². The quantitative estimate of drug-likeness (QED) is 0.819. The van der Waals surface area contributed by atoms with E-state index >= 15 is 0 Å². The molecule has 1 amide bonds. The number of nitrogens with zero attached hydrogens (tertiary/aromatic N) is 1. The first-order valence-electron chi connectivity index (χ1n) is 5.83. The zero-order valence-electron chi connectivity index (χ0n) is 10.4. The van der Waals surface area contributed by atoms with Crippen LogP contribution in [0.3, 0.4) is 0 Å². The fourth-order valence-corrected chi connectivity index (χ4v) is 1.69. The molecule has 20 heavy (non-hydrogen) atoms. The zero-order valence-corrected chi connectivity index (χ0v) is 11.2. The highest BCUT2D eigenvalue weighted by Gasteiger charge is 2.10. The maximum Gasteiger partial charge on any atom is 0.356 e. The van der Waals surface area contributed by atoms with Gasteiger partial charge in [-0.15, -0.1) is 0 Å². The number of amides is 1. The lowest BCUT2D eigenvalue weighted by molar-refractivity contribution is -0.124. The Balaban J connectivity index is 1.74. The molecular formula is C13H12ClN3O3. The standard InChI is InChI=1S/C13H12ClN3O3/c14-10-3-1-2-9(6-10)7-15-12(18)8-20-13(19)11-4-5-16-17-11/h1-6H,7-8H2,(H,15,18)(H,16,17). The zero-order chi connectivity index (χ0) is 14.4. The van der Waals surface area contributed by atoms with Crippen LogP contribution in [0.5, 0.6) is 0 Å². The summed E-state index contributed by atoms with van der Waals surface area (Å²) in [5, 5.41) is 9.30. The first-order chi connectivity index (χ1) is 9.65. The summed E-state index contributed by atoms with van der Waals surface area (Å²) in [5.74, 6) is -1.02. The van der Waals surface area contributed by atoms with Gasteiger partial charge in [-0.25, -0.2) is 4.79 Å². The smallest absolute Gasteiger partial charge is 0.356 e. The van der Waals surface area contributed by atoms with Crippen LogP contribution in [0.15, 0.2) is 36.5 Å². The van der Waals surface area contributed by atoms with Gasteiger partial charge < -0.3 is 10.1 Å². The van der Waals surface area contributed by atoms with Crippen LogP contribution in [0.2, 0.25) is 5.02 Å². The lowest BCUT2D eigenvalue weighted by Crippen LogP contribution is -2.28. The van der Waals surface area contributed by atoms with E-state index in [2.05, 4.69) is 15.5 Å². The Morgan fingerprint density at radius 1 is 1.35 bits per heavy atom. The van der Waals surface area contributed by atoms with Crippen LogP contribution < -0.4 is 5.32 Å². The summed E-state index contributed by atoms with van der Waals surface area (Å²) in [6, 6.07) is 8.59. The van der Waals surface area contributed by atoms with Crippen molar-refractivity contribution in [2.24, 2.45) is 0 Å². The van der Waals surface area contributed by atoms with E-state index in [0.717, 1.165) is 5.56 Å². The van der Waals surface area contributed by atoms with Crippen LogP contribution in [0.1, 0.15) is 16.1 Å². The SMILES string of the molecule is O=C(COC(=O)c1ccn[nH]1)NCc1cccc(Cl)c1. The third kappa shape index (κ3) is 4.10. The molecule has 2 aromatic rings. The van der Waals surface area contributed by atoms with Crippen molar-refractivity contribution in [2.75, 3.05) is 6.61 Å². The summed E-state index contributed by atoms with van der Waals surface area (Å²) in [4.78, 5) is 23.0. The molecule has 1 heterocycles. The van der Waals surface area contributed by atoms with Crippen LogP contribution in [0.25, 0.3) is 0 Å². The van der Waals surface area contributed by atoms with E-state index in [1.54, 1.807) is 18.2 Å².